The molecule has 10 nitrogen and oxygen atoms in total. The fraction of sp³-hybridized carbons (Fsp3) is 0.222. The summed E-state index contributed by atoms with van der Waals surface area (Å²) in [5.74, 6) is -4.11. The molecule has 2 aromatic carbocycles. The van der Waals surface area contributed by atoms with Crippen molar-refractivity contribution in [2.45, 2.75) is 18.7 Å². The molecule has 11 heteroatoms. The van der Waals surface area contributed by atoms with Crippen molar-refractivity contribution >= 4 is 33.2 Å². The zero-order chi connectivity index (χ0) is 21.8. The average Bonchev–Trinajstić information content (AvgIpc) is 2.62. The van der Waals surface area contributed by atoms with E-state index < -0.39 is 44.2 Å². The molecular formula is C18H18N2O8S. The Morgan fingerprint density at radius 3 is 2.38 bits per heavy atom. The first-order valence-electron chi connectivity index (χ1n) is 8.26. The SMILES string of the molecule is Cc1ccccc1CS(=O)(=O)C[C@@H](Nc1ccc(C(=O)O)cc1[N+](=O)[O-])C(=O)O. The van der Waals surface area contributed by atoms with Gasteiger partial charge in [0.1, 0.15) is 11.7 Å². The molecule has 0 saturated heterocycles. The predicted octanol–water partition coefficient (Wildman–Crippen LogP) is 2.08. The molecule has 0 aliphatic rings. The van der Waals surface area contributed by atoms with Gasteiger partial charge in [-0.2, -0.15) is 0 Å². The van der Waals surface area contributed by atoms with E-state index in [0.29, 0.717) is 5.56 Å². The maximum Gasteiger partial charge on any atom is 0.335 e. The van der Waals surface area contributed by atoms with Crippen LogP contribution in [0, 0.1) is 17.0 Å². The largest absolute Gasteiger partial charge is 0.480 e. The first-order valence-corrected chi connectivity index (χ1v) is 10.1. The highest BCUT2D eigenvalue weighted by Crippen LogP contribution is 2.27. The minimum atomic E-state index is -3.88. The van der Waals surface area contributed by atoms with E-state index in [4.69, 9.17) is 5.11 Å². The lowest BCUT2D eigenvalue weighted by molar-refractivity contribution is -0.384. The van der Waals surface area contributed by atoms with E-state index in [1.807, 2.05) is 0 Å². The van der Waals surface area contributed by atoms with Crippen molar-refractivity contribution in [3.63, 3.8) is 0 Å². The monoisotopic (exact) mass is 422 g/mol. The lowest BCUT2D eigenvalue weighted by atomic mass is 10.1. The van der Waals surface area contributed by atoms with Crippen molar-refractivity contribution in [1.29, 1.82) is 0 Å². The Balaban J connectivity index is 2.29. The van der Waals surface area contributed by atoms with Crippen molar-refractivity contribution in [1.82, 2.24) is 0 Å². The van der Waals surface area contributed by atoms with Gasteiger partial charge < -0.3 is 15.5 Å². The number of rotatable bonds is 9. The first kappa shape index (κ1) is 21.8. The third-order valence-electron chi connectivity index (χ3n) is 4.13. The Morgan fingerprint density at radius 1 is 1.17 bits per heavy atom. The molecule has 2 aromatic rings. The number of nitro groups is 1. The predicted molar refractivity (Wildman–Crippen MR) is 104 cm³/mol. The second kappa shape index (κ2) is 8.69. The Kier molecular flexibility index (Phi) is 6.54. The number of nitrogens with one attached hydrogen (secondary N) is 1. The lowest BCUT2D eigenvalue weighted by Gasteiger charge is -2.16. The van der Waals surface area contributed by atoms with Crippen LogP contribution in [0.4, 0.5) is 11.4 Å². The van der Waals surface area contributed by atoms with Crippen LogP contribution in [0.25, 0.3) is 0 Å². The Bertz CT molecular complexity index is 1070. The molecule has 154 valence electrons. The van der Waals surface area contributed by atoms with Crippen molar-refractivity contribution < 1.29 is 33.1 Å². The number of aromatic carboxylic acids is 1. The van der Waals surface area contributed by atoms with Gasteiger partial charge in [0, 0.05) is 6.07 Å². The van der Waals surface area contributed by atoms with Gasteiger partial charge >= 0.3 is 11.9 Å². The van der Waals surface area contributed by atoms with Crippen molar-refractivity contribution in [3.05, 3.63) is 69.3 Å². The van der Waals surface area contributed by atoms with Crippen molar-refractivity contribution in [2.75, 3.05) is 11.1 Å². The van der Waals surface area contributed by atoms with E-state index in [1.54, 1.807) is 31.2 Å². The topological polar surface area (TPSA) is 164 Å². The summed E-state index contributed by atoms with van der Waals surface area (Å²) in [6.45, 7) is 1.73. The molecule has 0 spiro atoms. The number of hydrogen-bond acceptors (Lipinski definition) is 7. The van der Waals surface area contributed by atoms with Crippen LogP contribution in [-0.2, 0) is 20.4 Å². The summed E-state index contributed by atoms with van der Waals surface area (Å²) >= 11 is 0. The Hall–Kier alpha value is -3.47. The quantitative estimate of drug-likeness (QED) is 0.405. The number of nitrogens with zero attached hydrogens (tertiary/aromatic N) is 1. The molecule has 1 atom stereocenters. The van der Waals surface area contributed by atoms with E-state index in [-0.39, 0.29) is 17.0 Å². The number of carboxylic acids is 2. The second-order valence-electron chi connectivity index (χ2n) is 6.31. The number of nitro benzene ring substituents is 1. The van der Waals surface area contributed by atoms with Gasteiger partial charge in [0.2, 0.25) is 0 Å². The number of aliphatic carboxylic acids is 1. The maximum atomic E-state index is 12.5. The van der Waals surface area contributed by atoms with Gasteiger partial charge in [-0.25, -0.2) is 18.0 Å². The minimum absolute atomic E-state index is 0.293. The summed E-state index contributed by atoms with van der Waals surface area (Å²) in [5, 5.41) is 31.9. The van der Waals surface area contributed by atoms with Crippen LogP contribution in [0.15, 0.2) is 42.5 Å². The molecule has 0 heterocycles. The molecule has 29 heavy (non-hydrogen) atoms. The molecule has 3 N–H and O–H groups in total. The molecule has 0 aliphatic carbocycles. The van der Waals surface area contributed by atoms with Crippen molar-refractivity contribution in [2.24, 2.45) is 0 Å². The summed E-state index contributed by atoms with van der Waals surface area (Å²) in [7, 11) is -3.88. The molecule has 0 fully saturated rings. The fourth-order valence-corrected chi connectivity index (χ4v) is 4.27. The number of hydrogen-bond donors (Lipinski definition) is 3. The lowest BCUT2D eigenvalue weighted by Crippen LogP contribution is -2.37. The summed E-state index contributed by atoms with van der Waals surface area (Å²) < 4.78 is 25.0. The van der Waals surface area contributed by atoms with Gasteiger partial charge in [0.05, 0.1) is 22.0 Å². The average molecular weight is 422 g/mol. The van der Waals surface area contributed by atoms with Gasteiger partial charge in [0.25, 0.3) is 5.69 Å². The number of anilines is 1. The maximum absolute atomic E-state index is 12.5. The fourth-order valence-electron chi connectivity index (χ4n) is 2.62. The van der Waals surface area contributed by atoms with Crippen LogP contribution >= 0.6 is 0 Å². The number of carboxylic acid groups (broad SMARTS) is 2. The normalized spacial score (nSPS) is 12.2. The number of aryl methyl sites for hydroxylation is 1. The summed E-state index contributed by atoms with van der Waals surface area (Å²) in [6, 6.07) is 7.94. The molecular weight excluding hydrogens is 404 g/mol. The van der Waals surface area contributed by atoms with E-state index in [0.717, 1.165) is 23.8 Å². The highest BCUT2D eigenvalue weighted by atomic mass is 32.2. The Labute approximate surface area is 165 Å². The van der Waals surface area contributed by atoms with E-state index in [2.05, 4.69) is 5.32 Å². The van der Waals surface area contributed by atoms with Crippen LogP contribution in [0.5, 0.6) is 0 Å². The van der Waals surface area contributed by atoms with Gasteiger partial charge in [-0.1, -0.05) is 24.3 Å². The number of benzene rings is 2. The first-order chi connectivity index (χ1) is 13.5. The number of carbonyl (C=O) groups is 2. The minimum Gasteiger partial charge on any atom is -0.480 e. The zero-order valence-corrected chi connectivity index (χ0v) is 16.0. The zero-order valence-electron chi connectivity index (χ0n) is 15.2. The molecule has 0 aliphatic heterocycles. The van der Waals surface area contributed by atoms with Gasteiger partial charge in [0.15, 0.2) is 9.84 Å². The molecule has 0 unspecified atom stereocenters. The van der Waals surface area contributed by atoms with Crippen LogP contribution in [0.1, 0.15) is 21.5 Å². The van der Waals surface area contributed by atoms with Crippen LogP contribution in [0.3, 0.4) is 0 Å². The van der Waals surface area contributed by atoms with Gasteiger partial charge in [-0.3, -0.25) is 10.1 Å². The third kappa shape index (κ3) is 5.75. The number of sulfone groups is 1. The van der Waals surface area contributed by atoms with E-state index in [1.165, 1.54) is 0 Å². The highest BCUT2D eigenvalue weighted by Gasteiger charge is 2.28. The van der Waals surface area contributed by atoms with Gasteiger partial charge in [-0.15, -0.1) is 0 Å². The smallest absolute Gasteiger partial charge is 0.335 e. The third-order valence-corrected chi connectivity index (χ3v) is 5.72. The Morgan fingerprint density at radius 2 is 1.83 bits per heavy atom. The molecule has 0 bridgehead atoms. The van der Waals surface area contributed by atoms with E-state index >= 15 is 0 Å². The second-order valence-corrected chi connectivity index (χ2v) is 8.42. The van der Waals surface area contributed by atoms with Crippen LogP contribution in [0.2, 0.25) is 0 Å². The highest BCUT2D eigenvalue weighted by molar-refractivity contribution is 7.90. The standard InChI is InChI=1S/C18H18N2O8S/c1-11-4-2-3-5-13(11)9-29(27,28)10-15(18(23)24)19-14-7-6-12(17(21)22)8-16(14)20(25)26/h2-8,15,19H,9-10H2,1H3,(H,21,22)(H,23,24)/t15-/m1/s1. The molecule has 0 saturated carbocycles. The molecule has 0 aromatic heterocycles. The van der Waals surface area contributed by atoms with Crippen LogP contribution < -0.4 is 5.32 Å². The van der Waals surface area contributed by atoms with Crippen molar-refractivity contribution in [3.8, 4) is 0 Å². The summed E-state index contributed by atoms with van der Waals surface area (Å²) in [6.07, 6.45) is 0. The summed E-state index contributed by atoms with van der Waals surface area (Å²) in [5.41, 5.74) is -0.0727. The molecule has 0 amide bonds. The summed E-state index contributed by atoms with van der Waals surface area (Å²) in [4.78, 5) is 32.9. The van der Waals surface area contributed by atoms with E-state index in [9.17, 15) is 33.2 Å². The van der Waals surface area contributed by atoms with Gasteiger partial charge in [-0.05, 0) is 30.2 Å². The molecule has 2 rings (SSSR count). The van der Waals surface area contributed by atoms with Crippen LogP contribution in [-0.4, -0.2) is 47.3 Å². The molecule has 0 radical (unpaired) electrons.